The molecule has 1 saturated heterocycles. The molecule has 0 unspecified atom stereocenters. The average Bonchev–Trinajstić information content (AvgIpc) is 2.88. The van der Waals surface area contributed by atoms with Crippen LogP contribution in [0.3, 0.4) is 0 Å². The Morgan fingerprint density at radius 3 is 2.00 bits per heavy atom. The van der Waals surface area contributed by atoms with E-state index in [1.807, 2.05) is 32.0 Å². The Hall–Kier alpha value is -3.75. The largest absolute Gasteiger partial charge is 0.493 e. The van der Waals surface area contributed by atoms with E-state index in [9.17, 15) is 14.4 Å². The maximum atomic E-state index is 13.4. The Morgan fingerprint density at radius 2 is 1.47 bits per heavy atom. The predicted molar refractivity (Wildman–Crippen MR) is 136 cm³/mol. The van der Waals surface area contributed by atoms with Crippen LogP contribution in [-0.4, -0.2) is 81.1 Å². The van der Waals surface area contributed by atoms with E-state index in [1.165, 1.54) is 28.3 Å². The number of hydrogen-bond acceptors (Lipinski definition) is 6. The molecule has 0 spiro atoms. The molecular formula is C27H35N3O6. The fourth-order valence-corrected chi connectivity index (χ4v) is 4.42. The van der Waals surface area contributed by atoms with Crippen molar-refractivity contribution >= 4 is 17.7 Å². The Balaban J connectivity index is 1.71. The van der Waals surface area contributed by atoms with Crippen LogP contribution in [0.5, 0.6) is 17.2 Å². The molecule has 0 aromatic heterocycles. The number of piperazine rings is 1. The SMILES string of the molecule is COc1cc(C(=O)N2CCN(C(=O)[C@@H](Cc3cc(C)ccc3C)NC(C)=O)CC2)cc(OC)c1OC. The first-order chi connectivity index (χ1) is 17.2. The Bertz CT molecular complexity index is 1100. The van der Waals surface area contributed by atoms with Crippen molar-refractivity contribution in [3.63, 3.8) is 0 Å². The maximum Gasteiger partial charge on any atom is 0.254 e. The number of methoxy groups -OCH3 is 3. The molecule has 0 saturated carbocycles. The summed E-state index contributed by atoms with van der Waals surface area (Å²) in [5, 5.41) is 2.82. The van der Waals surface area contributed by atoms with Crippen LogP contribution in [0.2, 0.25) is 0 Å². The number of nitrogens with one attached hydrogen (secondary N) is 1. The van der Waals surface area contributed by atoms with Crippen molar-refractivity contribution in [1.82, 2.24) is 15.1 Å². The molecule has 0 radical (unpaired) electrons. The molecule has 1 atom stereocenters. The number of hydrogen-bond donors (Lipinski definition) is 1. The minimum absolute atomic E-state index is 0.147. The second kappa shape index (κ2) is 11.8. The normalized spacial score (nSPS) is 14.2. The highest BCUT2D eigenvalue weighted by atomic mass is 16.5. The summed E-state index contributed by atoms with van der Waals surface area (Å²) < 4.78 is 16.1. The van der Waals surface area contributed by atoms with Gasteiger partial charge >= 0.3 is 0 Å². The Kier molecular flexibility index (Phi) is 8.79. The van der Waals surface area contributed by atoms with E-state index < -0.39 is 6.04 Å². The van der Waals surface area contributed by atoms with E-state index in [-0.39, 0.29) is 17.7 Å². The third-order valence-electron chi connectivity index (χ3n) is 6.39. The van der Waals surface area contributed by atoms with Crippen molar-refractivity contribution < 1.29 is 28.6 Å². The predicted octanol–water partition coefficient (Wildman–Crippen LogP) is 2.36. The summed E-state index contributed by atoms with van der Waals surface area (Å²) in [5.74, 6) is 0.632. The first-order valence-corrected chi connectivity index (χ1v) is 11.9. The number of benzene rings is 2. The topological polar surface area (TPSA) is 97.4 Å². The quantitative estimate of drug-likeness (QED) is 0.602. The van der Waals surface area contributed by atoms with Gasteiger partial charge in [0, 0.05) is 45.1 Å². The smallest absolute Gasteiger partial charge is 0.254 e. The number of rotatable bonds is 8. The maximum absolute atomic E-state index is 13.4. The third kappa shape index (κ3) is 6.08. The van der Waals surface area contributed by atoms with Gasteiger partial charge in [0.25, 0.3) is 5.91 Å². The molecule has 1 aliphatic rings. The van der Waals surface area contributed by atoms with Gasteiger partial charge in [0.15, 0.2) is 11.5 Å². The van der Waals surface area contributed by atoms with Crippen LogP contribution in [-0.2, 0) is 16.0 Å². The third-order valence-corrected chi connectivity index (χ3v) is 6.39. The van der Waals surface area contributed by atoms with E-state index in [0.717, 1.165) is 16.7 Å². The minimum Gasteiger partial charge on any atom is -0.493 e. The van der Waals surface area contributed by atoms with Gasteiger partial charge in [0.2, 0.25) is 17.6 Å². The molecule has 9 nitrogen and oxygen atoms in total. The highest BCUT2D eigenvalue weighted by molar-refractivity contribution is 5.96. The zero-order valence-corrected chi connectivity index (χ0v) is 21.8. The standard InChI is InChI=1S/C27H35N3O6/c1-17-7-8-18(2)20(13-17)14-22(28-19(3)31)27(33)30-11-9-29(10-12-30)26(32)21-15-23(34-4)25(36-6)24(16-21)35-5/h7-8,13,15-16,22H,9-12,14H2,1-6H3,(H,28,31)/t22-/m1/s1. The number of nitrogens with zero attached hydrogens (tertiary/aromatic N) is 2. The van der Waals surface area contributed by atoms with E-state index in [1.54, 1.807) is 21.9 Å². The molecule has 9 heteroatoms. The number of carbonyl (C=O) groups excluding carboxylic acids is 3. The van der Waals surface area contributed by atoms with Gasteiger partial charge in [-0.05, 0) is 37.1 Å². The fraction of sp³-hybridized carbons (Fsp3) is 0.444. The Labute approximate surface area is 212 Å². The lowest BCUT2D eigenvalue weighted by Gasteiger charge is -2.36. The van der Waals surface area contributed by atoms with Gasteiger partial charge in [-0.1, -0.05) is 23.8 Å². The molecule has 1 fully saturated rings. The molecule has 3 rings (SSSR count). The van der Waals surface area contributed by atoms with Crippen molar-refractivity contribution in [3.05, 3.63) is 52.6 Å². The van der Waals surface area contributed by atoms with Crippen LogP contribution in [0.4, 0.5) is 0 Å². The summed E-state index contributed by atoms with van der Waals surface area (Å²) in [4.78, 5) is 41.9. The zero-order valence-electron chi connectivity index (χ0n) is 21.8. The highest BCUT2D eigenvalue weighted by Gasteiger charge is 2.31. The number of aryl methyl sites for hydroxylation is 2. The van der Waals surface area contributed by atoms with Crippen LogP contribution in [0, 0.1) is 13.8 Å². The second-order valence-electron chi connectivity index (χ2n) is 8.92. The number of ether oxygens (including phenoxy) is 3. The number of amides is 3. The van der Waals surface area contributed by atoms with Crippen molar-refractivity contribution in [2.24, 2.45) is 0 Å². The van der Waals surface area contributed by atoms with E-state index >= 15 is 0 Å². The summed E-state index contributed by atoms with van der Waals surface area (Å²) >= 11 is 0. The van der Waals surface area contributed by atoms with Gasteiger partial charge in [0.05, 0.1) is 21.3 Å². The zero-order chi connectivity index (χ0) is 26.4. The molecule has 0 bridgehead atoms. The van der Waals surface area contributed by atoms with Gasteiger partial charge < -0.3 is 29.3 Å². The van der Waals surface area contributed by atoms with Crippen molar-refractivity contribution in [3.8, 4) is 17.2 Å². The lowest BCUT2D eigenvalue weighted by Crippen LogP contribution is -2.56. The summed E-state index contributed by atoms with van der Waals surface area (Å²) in [5.41, 5.74) is 3.61. The van der Waals surface area contributed by atoms with Gasteiger partial charge in [-0.15, -0.1) is 0 Å². The lowest BCUT2D eigenvalue weighted by atomic mass is 9.98. The summed E-state index contributed by atoms with van der Waals surface area (Å²) in [6, 6.07) is 8.67. The first-order valence-electron chi connectivity index (χ1n) is 11.9. The van der Waals surface area contributed by atoms with Crippen molar-refractivity contribution in [2.45, 2.75) is 33.2 Å². The summed E-state index contributed by atoms with van der Waals surface area (Å²) in [6.45, 7) is 6.90. The molecular weight excluding hydrogens is 462 g/mol. The summed E-state index contributed by atoms with van der Waals surface area (Å²) in [7, 11) is 4.51. The molecule has 1 aliphatic heterocycles. The highest BCUT2D eigenvalue weighted by Crippen LogP contribution is 2.38. The van der Waals surface area contributed by atoms with Crippen LogP contribution >= 0.6 is 0 Å². The fourth-order valence-electron chi connectivity index (χ4n) is 4.42. The summed E-state index contributed by atoms with van der Waals surface area (Å²) in [6.07, 6.45) is 0.413. The van der Waals surface area contributed by atoms with Crippen LogP contribution in [0.15, 0.2) is 30.3 Å². The molecule has 194 valence electrons. The van der Waals surface area contributed by atoms with Gasteiger partial charge in [-0.3, -0.25) is 14.4 Å². The lowest BCUT2D eigenvalue weighted by molar-refractivity contribution is -0.137. The monoisotopic (exact) mass is 497 g/mol. The van der Waals surface area contributed by atoms with Crippen LogP contribution in [0.25, 0.3) is 0 Å². The van der Waals surface area contributed by atoms with Gasteiger partial charge in [0.1, 0.15) is 6.04 Å². The van der Waals surface area contributed by atoms with Crippen LogP contribution < -0.4 is 19.5 Å². The van der Waals surface area contributed by atoms with Crippen molar-refractivity contribution in [1.29, 1.82) is 0 Å². The molecule has 36 heavy (non-hydrogen) atoms. The molecule has 2 aromatic rings. The Morgan fingerprint density at radius 1 is 0.889 bits per heavy atom. The molecule has 3 amide bonds. The van der Waals surface area contributed by atoms with E-state index in [2.05, 4.69) is 5.32 Å². The average molecular weight is 498 g/mol. The van der Waals surface area contributed by atoms with Gasteiger partial charge in [-0.2, -0.15) is 0 Å². The van der Waals surface area contributed by atoms with E-state index in [0.29, 0.717) is 55.4 Å². The minimum atomic E-state index is -0.666. The molecule has 1 N–H and O–H groups in total. The van der Waals surface area contributed by atoms with Crippen molar-refractivity contribution in [2.75, 3.05) is 47.5 Å². The molecule has 1 heterocycles. The molecule has 2 aromatic carbocycles. The van der Waals surface area contributed by atoms with E-state index in [4.69, 9.17) is 14.2 Å². The second-order valence-corrected chi connectivity index (χ2v) is 8.92. The first kappa shape index (κ1) is 26.8. The number of carbonyl (C=O) groups is 3. The molecule has 0 aliphatic carbocycles. The van der Waals surface area contributed by atoms with Crippen LogP contribution in [0.1, 0.15) is 34.0 Å². The van der Waals surface area contributed by atoms with Gasteiger partial charge in [-0.25, -0.2) is 0 Å².